The van der Waals surface area contributed by atoms with Crippen LogP contribution >= 0.6 is 0 Å². The summed E-state index contributed by atoms with van der Waals surface area (Å²) in [5.74, 6) is -0.998. The van der Waals surface area contributed by atoms with E-state index in [0.717, 1.165) is 28.6 Å². The first-order chi connectivity index (χ1) is 12.7. The van der Waals surface area contributed by atoms with Gasteiger partial charge in [0, 0.05) is 30.9 Å². The number of carbonyl (C=O) groups excluding carboxylic acids is 1. The third-order valence-corrected chi connectivity index (χ3v) is 6.38. The molecule has 1 saturated heterocycles. The summed E-state index contributed by atoms with van der Waals surface area (Å²) in [5, 5.41) is 10.7. The van der Waals surface area contributed by atoms with Crippen LogP contribution in [0.3, 0.4) is 0 Å². The lowest BCUT2D eigenvalue weighted by Gasteiger charge is -2.38. The molecule has 2 aromatic rings. The van der Waals surface area contributed by atoms with Crippen molar-refractivity contribution >= 4 is 27.3 Å². The van der Waals surface area contributed by atoms with E-state index in [1.807, 2.05) is 0 Å². The number of nitrogens with zero attached hydrogens (tertiary/aromatic N) is 3. The van der Waals surface area contributed by atoms with Gasteiger partial charge in [0.15, 0.2) is 0 Å². The van der Waals surface area contributed by atoms with Gasteiger partial charge in [-0.25, -0.2) is 12.8 Å². The molecule has 0 spiro atoms. The van der Waals surface area contributed by atoms with Crippen LogP contribution in [0, 0.1) is 15.9 Å². The van der Waals surface area contributed by atoms with Gasteiger partial charge >= 0.3 is 0 Å². The molecule has 10 heteroatoms. The summed E-state index contributed by atoms with van der Waals surface area (Å²) in [7, 11) is -3.95. The Hall–Kier alpha value is -2.85. The number of anilines is 1. The van der Waals surface area contributed by atoms with Crippen LogP contribution in [0.25, 0.3) is 0 Å². The highest BCUT2D eigenvalue weighted by Crippen LogP contribution is 2.26. The molecule has 1 aliphatic rings. The summed E-state index contributed by atoms with van der Waals surface area (Å²) < 4.78 is 39.7. The monoisotopic (exact) mass is 393 g/mol. The minimum atomic E-state index is -3.95. The van der Waals surface area contributed by atoms with Crippen LogP contribution in [0.4, 0.5) is 15.8 Å². The highest BCUT2D eigenvalue weighted by molar-refractivity contribution is 7.89. The van der Waals surface area contributed by atoms with E-state index in [0.29, 0.717) is 5.69 Å². The molecule has 0 aromatic heterocycles. The number of carbonyl (C=O) groups is 1. The number of sulfonamides is 1. The van der Waals surface area contributed by atoms with Gasteiger partial charge < -0.3 is 4.90 Å². The van der Waals surface area contributed by atoms with E-state index in [2.05, 4.69) is 0 Å². The van der Waals surface area contributed by atoms with Crippen molar-refractivity contribution in [3.8, 4) is 0 Å². The zero-order chi connectivity index (χ0) is 19.8. The van der Waals surface area contributed by atoms with E-state index in [1.54, 1.807) is 0 Å². The lowest BCUT2D eigenvalue weighted by molar-refractivity contribution is -0.384. The Labute approximate surface area is 155 Å². The first-order valence-electron chi connectivity index (χ1n) is 8.05. The summed E-state index contributed by atoms with van der Waals surface area (Å²) in [4.78, 5) is 24.2. The molecule has 1 amide bonds. The zero-order valence-corrected chi connectivity index (χ0v) is 15.1. The van der Waals surface area contributed by atoms with Crippen molar-refractivity contribution in [1.29, 1.82) is 0 Å². The Morgan fingerprint density at radius 2 is 1.67 bits per heavy atom. The molecule has 0 unspecified atom stereocenters. The van der Waals surface area contributed by atoms with E-state index in [1.165, 1.54) is 36.1 Å². The van der Waals surface area contributed by atoms with E-state index in [9.17, 15) is 27.7 Å². The topological polar surface area (TPSA) is 101 Å². The third kappa shape index (κ3) is 3.53. The summed E-state index contributed by atoms with van der Waals surface area (Å²) >= 11 is 0. The molecule has 0 saturated carbocycles. The van der Waals surface area contributed by atoms with Crippen LogP contribution in [0.5, 0.6) is 0 Å². The number of halogens is 1. The molecule has 27 heavy (non-hydrogen) atoms. The van der Waals surface area contributed by atoms with E-state index in [4.69, 9.17) is 0 Å². The number of piperazine rings is 1. The molecule has 0 N–H and O–H groups in total. The lowest BCUT2D eigenvalue weighted by atomic mass is 10.2. The normalized spacial score (nSPS) is 18.5. The van der Waals surface area contributed by atoms with Gasteiger partial charge in [-0.1, -0.05) is 0 Å². The number of hydrogen-bond donors (Lipinski definition) is 0. The predicted molar refractivity (Wildman–Crippen MR) is 95.2 cm³/mol. The molecule has 3 rings (SSSR count). The average molecular weight is 393 g/mol. The predicted octanol–water partition coefficient (Wildman–Crippen LogP) is 2.16. The van der Waals surface area contributed by atoms with E-state index < -0.39 is 32.7 Å². The maximum atomic E-state index is 13.1. The Balaban J connectivity index is 1.83. The van der Waals surface area contributed by atoms with Crippen LogP contribution in [-0.4, -0.2) is 42.7 Å². The van der Waals surface area contributed by atoms with Crippen molar-refractivity contribution in [3.05, 3.63) is 64.5 Å². The van der Waals surface area contributed by atoms with E-state index in [-0.39, 0.29) is 23.7 Å². The summed E-state index contributed by atoms with van der Waals surface area (Å²) in [5.41, 5.74) is 0.355. The number of rotatable bonds is 4. The first-order valence-corrected chi connectivity index (χ1v) is 9.49. The molecule has 1 aliphatic heterocycles. The van der Waals surface area contributed by atoms with Crippen molar-refractivity contribution in [2.45, 2.75) is 17.9 Å². The Bertz CT molecular complexity index is 977. The molecular formula is C17H16FN3O5S. The Morgan fingerprint density at radius 3 is 2.22 bits per heavy atom. The number of amides is 1. The molecule has 2 aromatic carbocycles. The molecular weight excluding hydrogens is 377 g/mol. The van der Waals surface area contributed by atoms with Crippen molar-refractivity contribution in [2.24, 2.45) is 0 Å². The van der Waals surface area contributed by atoms with Gasteiger partial charge in [-0.15, -0.1) is 0 Å². The van der Waals surface area contributed by atoms with Crippen molar-refractivity contribution in [1.82, 2.24) is 4.31 Å². The van der Waals surface area contributed by atoms with Crippen molar-refractivity contribution in [3.63, 3.8) is 0 Å². The summed E-state index contributed by atoms with van der Waals surface area (Å²) in [6, 6.07) is 8.92. The van der Waals surface area contributed by atoms with E-state index >= 15 is 0 Å². The van der Waals surface area contributed by atoms with Crippen LogP contribution < -0.4 is 4.90 Å². The molecule has 0 radical (unpaired) electrons. The minimum absolute atomic E-state index is 0.0452. The highest BCUT2D eigenvalue weighted by atomic mass is 32.2. The fourth-order valence-electron chi connectivity index (χ4n) is 2.93. The van der Waals surface area contributed by atoms with Crippen LogP contribution in [0.1, 0.15) is 6.92 Å². The number of nitro benzene ring substituents is 1. The van der Waals surface area contributed by atoms with Crippen molar-refractivity contribution < 1.29 is 22.5 Å². The zero-order valence-electron chi connectivity index (χ0n) is 14.3. The number of benzene rings is 2. The maximum absolute atomic E-state index is 13.1. The molecule has 0 bridgehead atoms. The molecule has 142 valence electrons. The SMILES string of the molecule is C[C@H]1C(=O)N(c2ccc([N+](=O)[O-])cc2)CCN1S(=O)(=O)c1ccc(F)cc1. The van der Waals surface area contributed by atoms with Gasteiger partial charge in [0.2, 0.25) is 15.9 Å². The second-order valence-corrected chi connectivity index (χ2v) is 7.90. The van der Waals surface area contributed by atoms with Crippen LogP contribution in [-0.2, 0) is 14.8 Å². The number of hydrogen-bond acceptors (Lipinski definition) is 5. The average Bonchev–Trinajstić information content (AvgIpc) is 2.64. The van der Waals surface area contributed by atoms with Gasteiger partial charge in [0.1, 0.15) is 11.9 Å². The number of non-ortho nitro benzene ring substituents is 1. The van der Waals surface area contributed by atoms with Gasteiger partial charge in [0.25, 0.3) is 5.69 Å². The third-order valence-electron chi connectivity index (χ3n) is 4.39. The van der Waals surface area contributed by atoms with Gasteiger partial charge in [-0.2, -0.15) is 4.31 Å². The second-order valence-electron chi connectivity index (χ2n) is 6.01. The van der Waals surface area contributed by atoms with Gasteiger partial charge in [0.05, 0.1) is 9.82 Å². The van der Waals surface area contributed by atoms with Crippen molar-refractivity contribution in [2.75, 3.05) is 18.0 Å². The number of nitro groups is 1. The Morgan fingerprint density at radius 1 is 1.07 bits per heavy atom. The van der Waals surface area contributed by atoms with Crippen LogP contribution in [0.2, 0.25) is 0 Å². The minimum Gasteiger partial charge on any atom is -0.310 e. The van der Waals surface area contributed by atoms with Crippen LogP contribution in [0.15, 0.2) is 53.4 Å². The fraction of sp³-hybridized carbons (Fsp3) is 0.235. The Kier molecular flexibility index (Phi) is 4.94. The molecule has 1 fully saturated rings. The lowest BCUT2D eigenvalue weighted by Crippen LogP contribution is -2.57. The smallest absolute Gasteiger partial charge is 0.269 e. The first kappa shape index (κ1) is 18.9. The highest BCUT2D eigenvalue weighted by Gasteiger charge is 2.39. The second kappa shape index (κ2) is 7.05. The molecule has 0 aliphatic carbocycles. The quantitative estimate of drug-likeness (QED) is 0.585. The maximum Gasteiger partial charge on any atom is 0.269 e. The summed E-state index contributed by atoms with van der Waals surface area (Å²) in [6.07, 6.45) is 0. The molecule has 8 nitrogen and oxygen atoms in total. The van der Waals surface area contributed by atoms with Gasteiger partial charge in [-0.3, -0.25) is 14.9 Å². The largest absolute Gasteiger partial charge is 0.310 e. The summed E-state index contributed by atoms with van der Waals surface area (Å²) in [6.45, 7) is 1.62. The standard InChI is InChI=1S/C17H16FN3O5S/c1-12-17(22)19(14-4-6-15(7-5-14)21(23)24)10-11-20(12)27(25,26)16-8-2-13(18)3-9-16/h2-9,12H,10-11H2,1H3/t12-/m0/s1. The molecule has 1 atom stereocenters. The fourth-order valence-corrected chi connectivity index (χ4v) is 4.51. The van der Waals surface area contributed by atoms with Gasteiger partial charge in [-0.05, 0) is 43.3 Å². The molecule has 1 heterocycles.